The van der Waals surface area contributed by atoms with Gasteiger partial charge in [0, 0.05) is 31.9 Å². The Morgan fingerprint density at radius 3 is 2.71 bits per heavy atom. The van der Waals surface area contributed by atoms with E-state index in [1.165, 1.54) is 0 Å². The zero-order chi connectivity index (χ0) is 10.2. The molecule has 0 atom stereocenters. The van der Waals surface area contributed by atoms with Crippen molar-refractivity contribution in [2.45, 2.75) is 10.0 Å². The molecule has 0 N–H and O–H groups in total. The maximum absolute atomic E-state index is 5.46. The van der Waals surface area contributed by atoms with Crippen molar-refractivity contribution < 1.29 is 9.47 Å². The van der Waals surface area contributed by atoms with E-state index in [4.69, 9.17) is 9.47 Å². The van der Waals surface area contributed by atoms with Crippen LogP contribution in [-0.4, -0.2) is 3.61 Å². The molecular weight excluding hydrogens is 312 g/mol. The second kappa shape index (κ2) is 3.59. The SMILES string of the molecule is C=CCc1ccc2c(c1)OC(Br)(Br)O2. The van der Waals surface area contributed by atoms with Crippen molar-refractivity contribution in [3.8, 4) is 11.5 Å². The number of fused-ring (bicyclic) bond motifs is 1. The lowest BCUT2D eigenvalue weighted by Crippen LogP contribution is -2.21. The highest BCUT2D eigenvalue weighted by Crippen LogP contribution is 2.45. The van der Waals surface area contributed by atoms with Gasteiger partial charge in [-0.05, 0) is 24.1 Å². The first-order valence-corrected chi connectivity index (χ1v) is 5.69. The lowest BCUT2D eigenvalue weighted by molar-refractivity contribution is 0.115. The van der Waals surface area contributed by atoms with Crippen LogP contribution in [0, 0.1) is 0 Å². The van der Waals surface area contributed by atoms with Crippen molar-refractivity contribution in [2.75, 3.05) is 0 Å². The van der Waals surface area contributed by atoms with Gasteiger partial charge >= 0.3 is 3.61 Å². The lowest BCUT2D eigenvalue weighted by atomic mass is 10.1. The third-order valence-corrected chi connectivity index (χ3v) is 2.49. The van der Waals surface area contributed by atoms with Crippen molar-refractivity contribution in [1.29, 1.82) is 0 Å². The Labute approximate surface area is 99.2 Å². The van der Waals surface area contributed by atoms with E-state index in [9.17, 15) is 0 Å². The van der Waals surface area contributed by atoms with Crippen LogP contribution in [0.25, 0.3) is 0 Å². The molecule has 0 spiro atoms. The molecule has 0 amide bonds. The summed E-state index contributed by atoms with van der Waals surface area (Å²) in [4.78, 5) is 0. The molecule has 2 rings (SSSR count). The first-order valence-electron chi connectivity index (χ1n) is 4.10. The summed E-state index contributed by atoms with van der Waals surface area (Å²) in [6.07, 6.45) is 2.68. The van der Waals surface area contributed by atoms with Gasteiger partial charge in [0.15, 0.2) is 11.5 Å². The molecule has 0 aromatic heterocycles. The quantitative estimate of drug-likeness (QED) is 0.612. The predicted octanol–water partition coefficient (Wildman–Crippen LogP) is 3.59. The summed E-state index contributed by atoms with van der Waals surface area (Å²) in [5.41, 5.74) is 1.15. The van der Waals surface area contributed by atoms with Gasteiger partial charge in [0.2, 0.25) is 0 Å². The topological polar surface area (TPSA) is 18.5 Å². The minimum absolute atomic E-state index is 0.728. The van der Waals surface area contributed by atoms with Gasteiger partial charge in [-0.3, -0.25) is 0 Å². The third kappa shape index (κ3) is 1.96. The molecule has 2 nitrogen and oxygen atoms in total. The summed E-state index contributed by atoms with van der Waals surface area (Å²) in [6.45, 7) is 3.69. The second-order valence-corrected chi connectivity index (χ2v) is 6.09. The molecule has 0 saturated heterocycles. The Hall–Kier alpha value is -0.480. The van der Waals surface area contributed by atoms with Crippen molar-refractivity contribution in [2.24, 2.45) is 0 Å². The van der Waals surface area contributed by atoms with Gasteiger partial charge in [0.25, 0.3) is 0 Å². The Bertz CT molecular complexity index is 374. The summed E-state index contributed by atoms with van der Waals surface area (Å²) in [6, 6.07) is 5.82. The van der Waals surface area contributed by atoms with E-state index in [1.54, 1.807) is 0 Å². The summed E-state index contributed by atoms with van der Waals surface area (Å²) in [5, 5.41) is 0. The zero-order valence-corrected chi connectivity index (χ0v) is 10.5. The zero-order valence-electron chi connectivity index (χ0n) is 7.30. The van der Waals surface area contributed by atoms with Crippen LogP contribution in [0.4, 0.5) is 0 Å². The first-order chi connectivity index (χ1) is 6.61. The molecule has 0 bridgehead atoms. The van der Waals surface area contributed by atoms with Gasteiger partial charge in [0.05, 0.1) is 0 Å². The first kappa shape index (κ1) is 10.1. The highest BCUT2D eigenvalue weighted by molar-refractivity contribution is 9.25. The van der Waals surface area contributed by atoms with Crippen LogP contribution in [-0.2, 0) is 6.42 Å². The molecule has 0 fully saturated rings. The van der Waals surface area contributed by atoms with E-state index >= 15 is 0 Å². The van der Waals surface area contributed by atoms with E-state index in [1.807, 2.05) is 24.3 Å². The van der Waals surface area contributed by atoms with E-state index in [2.05, 4.69) is 38.4 Å². The number of hydrogen-bond donors (Lipinski definition) is 0. The number of halogens is 2. The summed E-state index contributed by atoms with van der Waals surface area (Å²) >= 11 is 6.48. The summed E-state index contributed by atoms with van der Waals surface area (Å²) in [7, 11) is 0. The Morgan fingerprint density at radius 2 is 2.00 bits per heavy atom. The van der Waals surface area contributed by atoms with Gasteiger partial charge < -0.3 is 9.47 Å². The Balaban J connectivity index is 2.30. The molecule has 74 valence electrons. The molecule has 0 unspecified atom stereocenters. The molecule has 0 aliphatic carbocycles. The average molecular weight is 320 g/mol. The third-order valence-electron chi connectivity index (χ3n) is 1.85. The number of allylic oxidation sites excluding steroid dienone is 1. The predicted molar refractivity (Wildman–Crippen MR) is 62.2 cm³/mol. The smallest absolute Gasteiger partial charge is 0.368 e. The largest absolute Gasteiger partial charge is 0.431 e. The van der Waals surface area contributed by atoms with Crippen molar-refractivity contribution >= 4 is 31.9 Å². The average Bonchev–Trinajstić information content (AvgIpc) is 2.38. The van der Waals surface area contributed by atoms with Crippen LogP contribution in [0.15, 0.2) is 30.9 Å². The number of ether oxygens (including phenoxy) is 2. The van der Waals surface area contributed by atoms with Crippen molar-refractivity contribution in [3.05, 3.63) is 36.4 Å². The van der Waals surface area contributed by atoms with E-state index in [0.29, 0.717) is 0 Å². The Kier molecular flexibility index (Phi) is 2.58. The standard InChI is InChI=1S/C10H8Br2O2/c1-2-3-7-4-5-8-9(6-7)14-10(11,12)13-8/h2,4-6H,1,3H2. The van der Waals surface area contributed by atoms with Gasteiger partial charge in [-0.15, -0.1) is 6.58 Å². The number of hydrogen-bond acceptors (Lipinski definition) is 2. The molecule has 1 aliphatic rings. The van der Waals surface area contributed by atoms with Gasteiger partial charge in [0.1, 0.15) is 0 Å². The molecule has 0 radical (unpaired) electrons. The molecule has 14 heavy (non-hydrogen) atoms. The lowest BCUT2D eigenvalue weighted by Gasteiger charge is -2.10. The highest BCUT2D eigenvalue weighted by Gasteiger charge is 2.36. The normalized spacial score (nSPS) is 16.7. The molecule has 4 heteroatoms. The van der Waals surface area contributed by atoms with Crippen molar-refractivity contribution in [3.63, 3.8) is 0 Å². The monoisotopic (exact) mass is 318 g/mol. The van der Waals surface area contributed by atoms with Gasteiger partial charge in [-0.2, -0.15) is 0 Å². The van der Waals surface area contributed by atoms with Gasteiger partial charge in [-0.1, -0.05) is 12.1 Å². The van der Waals surface area contributed by atoms with Crippen LogP contribution < -0.4 is 9.47 Å². The molecular formula is C10H8Br2O2. The maximum atomic E-state index is 5.46. The minimum atomic E-state index is -0.908. The van der Waals surface area contributed by atoms with E-state index in [0.717, 1.165) is 23.5 Å². The number of alkyl halides is 2. The van der Waals surface area contributed by atoms with E-state index < -0.39 is 3.61 Å². The minimum Gasteiger partial charge on any atom is -0.431 e. The van der Waals surface area contributed by atoms with Crippen LogP contribution in [0.5, 0.6) is 11.5 Å². The van der Waals surface area contributed by atoms with E-state index in [-0.39, 0.29) is 0 Å². The Morgan fingerprint density at radius 1 is 1.29 bits per heavy atom. The molecule has 1 aromatic carbocycles. The maximum Gasteiger partial charge on any atom is 0.368 e. The van der Waals surface area contributed by atoms with Crippen LogP contribution in [0.3, 0.4) is 0 Å². The number of benzene rings is 1. The number of rotatable bonds is 2. The molecule has 1 aromatic rings. The van der Waals surface area contributed by atoms with Crippen LogP contribution >= 0.6 is 31.9 Å². The fourth-order valence-electron chi connectivity index (χ4n) is 1.29. The van der Waals surface area contributed by atoms with Crippen molar-refractivity contribution in [1.82, 2.24) is 0 Å². The fourth-order valence-corrected chi connectivity index (χ4v) is 1.98. The molecule has 1 heterocycles. The highest BCUT2D eigenvalue weighted by atomic mass is 79.9. The summed E-state index contributed by atoms with van der Waals surface area (Å²) < 4.78 is 9.96. The summed E-state index contributed by atoms with van der Waals surface area (Å²) in [5.74, 6) is 1.46. The second-order valence-electron chi connectivity index (χ2n) is 2.94. The molecule has 0 saturated carbocycles. The van der Waals surface area contributed by atoms with Crippen LogP contribution in [0.1, 0.15) is 5.56 Å². The van der Waals surface area contributed by atoms with Crippen LogP contribution in [0.2, 0.25) is 0 Å². The van der Waals surface area contributed by atoms with Gasteiger partial charge in [-0.25, -0.2) is 0 Å². The molecule has 1 aliphatic heterocycles. The fraction of sp³-hybridized carbons (Fsp3) is 0.200.